The Morgan fingerprint density at radius 3 is 2.77 bits per heavy atom. The van der Waals surface area contributed by atoms with Crippen molar-refractivity contribution in [3.05, 3.63) is 88.4 Å². The van der Waals surface area contributed by atoms with Crippen molar-refractivity contribution in [1.29, 1.82) is 0 Å². The maximum atomic E-state index is 13.0. The van der Waals surface area contributed by atoms with E-state index in [-0.39, 0.29) is 5.78 Å². The number of Topliss-reactive ketones (excluding diaryl/α,β-unsaturated/α-hetero) is 1. The molecule has 6 heteroatoms. The fraction of sp³-hybridized carbons (Fsp3) is 0.200. The van der Waals surface area contributed by atoms with Gasteiger partial charge >= 0.3 is 0 Å². The van der Waals surface area contributed by atoms with Gasteiger partial charge in [0.25, 0.3) is 0 Å². The minimum absolute atomic E-state index is 0.114. The molecule has 0 radical (unpaired) electrons. The molecule has 2 aliphatic heterocycles. The van der Waals surface area contributed by atoms with E-state index in [2.05, 4.69) is 22.0 Å². The summed E-state index contributed by atoms with van der Waals surface area (Å²) in [6.07, 6.45) is 5.12. The Labute approximate surface area is 180 Å². The predicted octanol–water partition coefficient (Wildman–Crippen LogP) is 4.37. The number of ether oxygens (including phenoxy) is 3. The summed E-state index contributed by atoms with van der Waals surface area (Å²) in [6, 6.07) is 13.6. The van der Waals surface area contributed by atoms with E-state index in [9.17, 15) is 4.79 Å². The van der Waals surface area contributed by atoms with E-state index in [4.69, 9.17) is 14.2 Å². The van der Waals surface area contributed by atoms with Crippen molar-refractivity contribution in [3.63, 3.8) is 0 Å². The molecule has 0 bridgehead atoms. The molecule has 3 heterocycles. The zero-order valence-corrected chi connectivity index (χ0v) is 17.4. The number of rotatable bonds is 4. The van der Waals surface area contributed by atoms with Crippen LogP contribution >= 0.6 is 0 Å². The van der Waals surface area contributed by atoms with E-state index >= 15 is 0 Å². The van der Waals surface area contributed by atoms with E-state index in [1.807, 2.05) is 37.3 Å². The number of fused-ring (bicyclic) bond motifs is 2. The fourth-order valence-electron chi connectivity index (χ4n) is 4.00. The average molecular weight is 414 g/mol. The average Bonchev–Trinajstić information content (AvgIpc) is 3.11. The van der Waals surface area contributed by atoms with Crippen LogP contribution in [0.25, 0.3) is 6.08 Å². The summed E-state index contributed by atoms with van der Waals surface area (Å²) in [7, 11) is 1.66. The number of methoxy groups -OCH3 is 1. The molecule has 3 aromatic rings. The Balaban J connectivity index is 1.39. The van der Waals surface area contributed by atoms with Crippen molar-refractivity contribution < 1.29 is 19.0 Å². The summed E-state index contributed by atoms with van der Waals surface area (Å²) in [6.45, 7) is 3.86. The molecule has 5 rings (SSSR count). The Morgan fingerprint density at radius 1 is 1.19 bits per heavy atom. The monoisotopic (exact) mass is 414 g/mol. The second-order valence-corrected chi connectivity index (χ2v) is 7.70. The summed E-state index contributed by atoms with van der Waals surface area (Å²) in [4.78, 5) is 19.3. The SMILES string of the molecule is COc1ccc(CN2COc3c(cc4c(c3C)O/C(=C\c3cccnc3)C4=O)C2)cc1. The maximum absolute atomic E-state index is 13.0. The molecule has 0 unspecified atom stereocenters. The van der Waals surface area contributed by atoms with E-state index in [0.717, 1.165) is 34.7 Å². The molecule has 0 saturated carbocycles. The Bertz CT molecular complexity index is 1170. The molecular weight excluding hydrogens is 392 g/mol. The van der Waals surface area contributed by atoms with Crippen LogP contribution in [0.4, 0.5) is 0 Å². The lowest BCUT2D eigenvalue weighted by molar-refractivity contribution is 0.0876. The Kier molecular flexibility index (Phi) is 4.92. The highest BCUT2D eigenvalue weighted by molar-refractivity contribution is 6.15. The summed E-state index contributed by atoms with van der Waals surface area (Å²) in [5, 5.41) is 0. The fourth-order valence-corrected chi connectivity index (χ4v) is 4.00. The number of nitrogens with zero attached hydrogens (tertiary/aromatic N) is 2. The van der Waals surface area contributed by atoms with Gasteiger partial charge in [-0.15, -0.1) is 0 Å². The van der Waals surface area contributed by atoms with Crippen LogP contribution in [0.3, 0.4) is 0 Å². The Morgan fingerprint density at radius 2 is 2.03 bits per heavy atom. The number of carbonyl (C=O) groups excluding carboxylic acids is 1. The van der Waals surface area contributed by atoms with Crippen LogP contribution in [0.5, 0.6) is 17.2 Å². The Hall–Kier alpha value is -3.64. The number of carbonyl (C=O) groups is 1. The van der Waals surface area contributed by atoms with Crippen molar-refractivity contribution in [2.75, 3.05) is 13.8 Å². The molecule has 1 aromatic heterocycles. The number of allylic oxidation sites excluding steroid dienone is 1. The number of hydrogen-bond acceptors (Lipinski definition) is 6. The smallest absolute Gasteiger partial charge is 0.231 e. The third-order valence-corrected chi connectivity index (χ3v) is 5.55. The molecular formula is C25H22N2O4. The molecule has 2 aliphatic rings. The first kappa shape index (κ1) is 19.3. The van der Waals surface area contributed by atoms with E-state index < -0.39 is 0 Å². The predicted molar refractivity (Wildman–Crippen MR) is 116 cm³/mol. The maximum Gasteiger partial charge on any atom is 0.231 e. The molecule has 0 aliphatic carbocycles. The standard InChI is InChI=1S/C25H22N2O4/c1-16-24-19(14-27(15-30-24)13-17-5-7-20(29-2)8-6-17)11-21-23(28)22(31-25(16)21)10-18-4-3-9-26-12-18/h3-12H,13-15H2,1-2H3/b22-10-. The molecule has 0 saturated heterocycles. The number of hydrogen-bond donors (Lipinski definition) is 0. The molecule has 2 aromatic carbocycles. The first-order chi connectivity index (χ1) is 15.1. The highest BCUT2D eigenvalue weighted by atomic mass is 16.5. The van der Waals surface area contributed by atoms with Gasteiger partial charge in [0.05, 0.1) is 12.7 Å². The second-order valence-electron chi connectivity index (χ2n) is 7.70. The van der Waals surface area contributed by atoms with E-state index in [1.54, 1.807) is 25.6 Å². The summed E-state index contributed by atoms with van der Waals surface area (Å²) < 4.78 is 17.2. The lowest BCUT2D eigenvalue weighted by Crippen LogP contribution is -2.32. The molecule has 31 heavy (non-hydrogen) atoms. The van der Waals surface area contributed by atoms with Crippen molar-refractivity contribution in [3.8, 4) is 17.2 Å². The van der Waals surface area contributed by atoms with Crippen molar-refractivity contribution >= 4 is 11.9 Å². The van der Waals surface area contributed by atoms with Gasteiger partial charge in [0, 0.05) is 36.6 Å². The molecule has 0 N–H and O–H groups in total. The van der Waals surface area contributed by atoms with Gasteiger partial charge in [0.1, 0.15) is 24.0 Å². The van der Waals surface area contributed by atoms with Crippen molar-refractivity contribution in [1.82, 2.24) is 9.88 Å². The number of pyridine rings is 1. The summed E-state index contributed by atoms with van der Waals surface area (Å²) in [5.74, 6) is 2.42. The second kappa shape index (κ2) is 7.89. The number of ketones is 1. The zero-order chi connectivity index (χ0) is 21.4. The lowest BCUT2D eigenvalue weighted by Gasteiger charge is -2.30. The molecule has 156 valence electrons. The van der Waals surface area contributed by atoms with E-state index in [1.165, 1.54) is 5.56 Å². The minimum Gasteiger partial charge on any atom is -0.497 e. The third-order valence-electron chi connectivity index (χ3n) is 5.55. The van der Waals surface area contributed by atoms with Gasteiger partial charge < -0.3 is 14.2 Å². The van der Waals surface area contributed by atoms with Crippen LogP contribution in [0, 0.1) is 6.92 Å². The molecule has 0 amide bonds. The number of aromatic nitrogens is 1. The first-order valence-corrected chi connectivity index (χ1v) is 10.1. The molecule has 0 atom stereocenters. The van der Waals surface area contributed by atoms with E-state index in [0.29, 0.717) is 30.3 Å². The van der Waals surface area contributed by atoms with Gasteiger partial charge in [-0.25, -0.2) is 0 Å². The zero-order valence-electron chi connectivity index (χ0n) is 17.4. The summed E-state index contributed by atoms with van der Waals surface area (Å²) in [5.41, 5.74) is 4.44. The van der Waals surface area contributed by atoms with Crippen LogP contribution in [0.2, 0.25) is 0 Å². The van der Waals surface area contributed by atoms with Crippen molar-refractivity contribution in [2.45, 2.75) is 20.0 Å². The molecule has 6 nitrogen and oxygen atoms in total. The third kappa shape index (κ3) is 3.66. The largest absolute Gasteiger partial charge is 0.497 e. The molecule has 0 spiro atoms. The van der Waals surface area contributed by atoms with Gasteiger partial charge in [-0.3, -0.25) is 14.7 Å². The van der Waals surface area contributed by atoms with Crippen LogP contribution < -0.4 is 14.2 Å². The van der Waals surface area contributed by atoms with Crippen LogP contribution in [-0.2, 0) is 13.1 Å². The van der Waals surface area contributed by atoms with Crippen LogP contribution in [0.15, 0.2) is 60.6 Å². The molecule has 0 fully saturated rings. The normalized spacial score (nSPS) is 16.5. The topological polar surface area (TPSA) is 60.9 Å². The van der Waals surface area contributed by atoms with Crippen molar-refractivity contribution in [2.24, 2.45) is 0 Å². The highest BCUT2D eigenvalue weighted by Crippen LogP contribution is 2.43. The van der Waals surface area contributed by atoms with Crippen LogP contribution in [0.1, 0.15) is 32.6 Å². The minimum atomic E-state index is -0.114. The van der Waals surface area contributed by atoms with Gasteiger partial charge in [0.2, 0.25) is 5.78 Å². The summed E-state index contributed by atoms with van der Waals surface area (Å²) >= 11 is 0. The van der Waals surface area contributed by atoms with Gasteiger partial charge in [-0.2, -0.15) is 0 Å². The lowest BCUT2D eigenvalue weighted by atomic mass is 10.00. The highest BCUT2D eigenvalue weighted by Gasteiger charge is 2.33. The van der Waals surface area contributed by atoms with Gasteiger partial charge in [-0.05, 0) is 48.4 Å². The quantitative estimate of drug-likeness (QED) is 0.591. The van der Waals surface area contributed by atoms with Crippen LogP contribution in [-0.4, -0.2) is 29.5 Å². The number of benzene rings is 2. The first-order valence-electron chi connectivity index (χ1n) is 10.1. The van der Waals surface area contributed by atoms with Gasteiger partial charge in [-0.1, -0.05) is 18.2 Å². The van der Waals surface area contributed by atoms with Gasteiger partial charge in [0.15, 0.2) is 5.76 Å².